The average Bonchev–Trinajstić information content (AvgIpc) is 2.07. The van der Waals surface area contributed by atoms with Crippen molar-refractivity contribution in [3.05, 3.63) is 28.7 Å². The van der Waals surface area contributed by atoms with Crippen molar-refractivity contribution in [2.24, 2.45) is 0 Å². The molecule has 0 radical (unpaired) electrons. The van der Waals surface area contributed by atoms with Gasteiger partial charge in [-0.1, -0.05) is 0 Å². The van der Waals surface area contributed by atoms with E-state index in [9.17, 15) is 4.79 Å². The predicted octanol–water partition coefficient (Wildman–Crippen LogP) is 0.793. The molecule has 1 aromatic rings. The summed E-state index contributed by atoms with van der Waals surface area (Å²) in [5, 5.41) is 0. The molecule has 3 nitrogen and oxygen atoms in total. The molecule has 0 saturated heterocycles. The number of hydrogen-bond acceptors (Lipinski definition) is 3. The van der Waals surface area contributed by atoms with Gasteiger partial charge in [-0.05, 0) is 6.26 Å². The first-order chi connectivity index (χ1) is 5.74. The second-order valence-electron chi connectivity index (χ2n) is 2.50. The molecule has 0 spiro atoms. The number of anilines is 1. The Labute approximate surface area is 75.6 Å². The van der Waals surface area contributed by atoms with Crippen LogP contribution in [0.4, 0.5) is 5.69 Å². The number of pyridine rings is 1. The van der Waals surface area contributed by atoms with Crippen LogP contribution >= 0.6 is 11.8 Å². The molecular weight excluding hydrogens is 172 g/mol. The molecule has 0 unspecified atom stereocenters. The number of nitrogens with zero attached hydrogens (tertiary/aromatic N) is 1. The molecule has 4 heteroatoms. The van der Waals surface area contributed by atoms with E-state index >= 15 is 0 Å². The van der Waals surface area contributed by atoms with Gasteiger partial charge in [0.25, 0.3) is 0 Å². The Balaban J connectivity index is 2.75. The lowest BCUT2D eigenvalue weighted by atomic mass is 10.4. The van der Waals surface area contributed by atoms with E-state index in [-0.39, 0.29) is 5.43 Å². The third kappa shape index (κ3) is 2.30. The molecule has 2 N–H and O–H groups in total. The summed E-state index contributed by atoms with van der Waals surface area (Å²) in [6.07, 6.45) is 5.49. The molecular formula is C8H12N2OS. The summed E-state index contributed by atoms with van der Waals surface area (Å²) in [6, 6.07) is 1.50. The monoisotopic (exact) mass is 184 g/mol. The van der Waals surface area contributed by atoms with Crippen LogP contribution in [-0.2, 0) is 6.54 Å². The van der Waals surface area contributed by atoms with Crippen molar-refractivity contribution in [2.75, 3.05) is 17.7 Å². The molecule has 0 aliphatic rings. The van der Waals surface area contributed by atoms with Crippen molar-refractivity contribution in [2.45, 2.75) is 6.54 Å². The summed E-state index contributed by atoms with van der Waals surface area (Å²) in [4.78, 5) is 10.9. The number of nitrogens with two attached hydrogens (primary N) is 1. The zero-order chi connectivity index (χ0) is 8.97. The summed E-state index contributed by atoms with van der Waals surface area (Å²) in [6.45, 7) is 0.894. The van der Waals surface area contributed by atoms with Gasteiger partial charge in [-0.2, -0.15) is 11.8 Å². The van der Waals surface area contributed by atoms with E-state index in [1.807, 2.05) is 10.8 Å². The maximum atomic E-state index is 10.9. The minimum absolute atomic E-state index is 0.101. The number of rotatable bonds is 3. The van der Waals surface area contributed by atoms with Crippen molar-refractivity contribution >= 4 is 17.4 Å². The van der Waals surface area contributed by atoms with Gasteiger partial charge in [-0.25, -0.2) is 0 Å². The summed E-state index contributed by atoms with van der Waals surface area (Å²) >= 11 is 1.77. The summed E-state index contributed by atoms with van der Waals surface area (Å²) in [5.41, 5.74) is 5.67. The molecule has 0 aliphatic carbocycles. The Morgan fingerprint density at radius 1 is 1.67 bits per heavy atom. The van der Waals surface area contributed by atoms with E-state index in [0.717, 1.165) is 12.3 Å². The van der Waals surface area contributed by atoms with Crippen LogP contribution in [0.3, 0.4) is 0 Å². The van der Waals surface area contributed by atoms with Gasteiger partial charge >= 0.3 is 0 Å². The molecule has 66 valence electrons. The summed E-state index contributed by atoms with van der Waals surface area (Å²) in [5.74, 6) is 1.03. The van der Waals surface area contributed by atoms with E-state index in [4.69, 9.17) is 5.73 Å². The molecule has 0 bridgehead atoms. The zero-order valence-electron chi connectivity index (χ0n) is 6.99. The quantitative estimate of drug-likeness (QED) is 0.755. The highest BCUT2D eigenvalue weighted by atomic mass is 32.2. The van der Waals surface area contributed by atoms with Gasteiger partial charge in [0.15, 0.2) is 0 Å². The first-order valence-corrected chi connectivity index (χ1v) is 5.08. The van der Waals surface area contributed by atoms with Gasteiger partial charge in [0.2, 0.25) is 5.43 Å². The minimum atomic E-state index is -0.101. The van der Waals surface area contributed by atoms with Gasteiger partial charge in [-0.15, -0.1) is 0 Å². The van der Waals surface area contributed by atoms with Crippen molar-refractivity contribution < 1.29 is 0 Å². The molecule has 1 aromatic heterocycles. The minimum Gasteiger partial charge on any atom is -0.394 e. The van der Waals surface area contributed by atoms with E-state index in [2.05, 4.69) is 0 Å². The highest BCUT2D eigenvalue weighted by Crippen LogP contribution is 1.97. The maximum Gasteiger partial charge on any atom is 0.204 e. The molecule has 12 heavy (non-hydrogen) atoms. The van der Waals surface area contributed by atoms with Crippen LogP contribution in [0.1, 0.15) is 0 Å². The largest absolute Gasteiger partial charge is 0.394 e. The van der Waals surface area contributed by atoms with Crippen molar-refractivity contribution in [3.8, 4) is 0 Å². The maximum absolute atomic E-state index is 10.9. The predicted molar refractivity (Wildman–Crippen MR) is 53.5 cm³/mol. The van der Waals surface area contributed by atoms with Crippen molar-refractivity contribution in [3.63, 3.8) is 0 Å². The van der Waals surface area contributed by atoms with Gasteiger partial charge < -0.3 is 10.3 Å². The second-order valence-corrected chi connectivity index (χ2v) is 3.48. The Bertz CT molecular complexity index is 308. The second kappa shape index (κ2) is 4.21. The third-order valence-electron chi connectivity index (χ3n) is 1.56. The smallest absolute Gasteiger partial charge is 0.204 e. The summed E-state index contributed by atoms with van der Waals surface area (Å²) < 4.78 is 1.92. The molecule has 1 heterocycles. The highest BCUT2D eigenvalue weighted by Gasteiger charge is 1.93. The average molecular weight is 184 g/mol. The number of aryl methyl sites for hydroxylation is 1. The molecule has 0 amide bonds. The Morgan fingerprint density at radius 2 is 2.42 bits per heavy atom. The lowest BCUT2D eigenvalue weighted by Crippen LogP contribution is -2.11. The number of nitrogen functional groups attached to an aromatic ring is 1. The van der Waals surface area contributed by atoms with Gasteiger partial charge in [0.05, 0.1) is 5.69 Å². The standard InChI is InChI=1S/C8H12N2OS/c1-12-5-4-10-3-2-8(11)7(9)6-10/h2-3,6H,4-5,9H2,1H3. The van der Waals surface area contributed by atoms with Crippen LogP contribution in [0, 0.1) is 0 Å². The normalized spacial score (nSPS) is 10.1. The van der Waals surface area contributed by atoms with Crippen molar-refractivity contribution in [1.82, 2.24) is 4.57 Å². The van der Waals surface area contributed by atoms with Gasteiger partial charge in [0, 0.05) is 30.8 Å². The van der Waals surface area contributed by atoms with Crippen molar-refractivity contribution in [1.29, 1.82) is 0 Å². The van der Waals surface area contributed by atoms with E-state index in [1.165, 1.54) is 6.07 Å². The summed E-state index contributed by atoms with van der Waals surface area (Å²) in [7, 11) is 0. The molecule has 0 aromatic carbocycles. The van der Waals surface area contributed by atoms with Crippen LogP contribution < -0.4 is 11.2 Å². The van der Waals surface area contributed by atoms with E-state index in [1.54, 1.807) is 24.2 Å². The van der Waals surface area contributed by atoms with E-state index in [0.29, 0.717) is 5.69 Å². The molecule has 0 aliphatic heterocycles. The van der Waals surface area contributed by atoms with Crippen LogP contribution in [-0.4, -0.2) is 16.6 Å². The van der Waals surface area contributed by atoms with Crippen LogP contribution in [0.5, 0.6) is 0 Å². The first kappa shape index (κ1) is 9.19. The van der Waals surface area contributed by atoms with Crippen LogP contribution in [0.15, 0.2) is 23.3 Å². The van der Waals surface area contributed by atoms with E-state index < -0.39 is 0 Å². The van der Waals surface area contributed by atoms with Gasteiger partial charge in [0.1, 0.15) is 0 Å². The SMILES string of the molecule is CSCCn1ccc(=O)c(N)c1. The highest BCUT2D eigenvalue weighted by molar-refractivity contribution is 7.98. The Hall–Kier alpha value is -0.900. The molecule has 1 rings (SSSR count). The topological polar surface area (TPSA) is 48.0 Å². The fraction of sp³-hybridized carbons (Fsp3) is 0.375. The lowest BCUT2D eigenvalue weighted by molar-refractivity contribution is 0.765. The lowest BCUT2D eigenvalue weighted by Gasteiger charge is -2.04. The number of hydrogen-bond donors (Lipinski definition) is 1. The van der Waals surface area contributed by atoms with Gasteiger partial charge in [-0.3, -0.25) is 4.79 Å². The number of aromatic nitrogens is 1. The fourth-order valence-electron chi connectivity index (χ4n) is 0.881. The Kier molecular flexibility index (Phi) is 3.22. The fourth-order valence-corrected chi connectivity index (χ4v) is 1.27. The van der Waals surface area contributed by atoms with Crippen LogP contribution in [0.2, 0.25) is 0 Å². The Morgan fingerprint density at radius 3 is 3.00 bits per heavy atom. The third-order valence-corrected chi connectivity index (χ3v) is 2.15. The first-order valence-electron chi connectivity index (χ1n) is 3.68. The zero-order valence-corrected chi connectivity index (χ0v) is 7.80. The van der Waals surface area contributed by atoms with Crippen LogP contribution in [0.25, 0.3) is 0 Å². The number of thioether (sulfide) groups is 1. The molecule has 0 saturated carbocycles. The molecule has 0 atom stereocenters. The molecule has 0 fully saturated rings.